The van der Waals surface area contributed by atoms with Gasteiger partial charge in [-0.05, 0) is 38.8 Å². The maximum atomic E-state index is 9.51. The zero-order valence-electron chi connectivity index (χ0n) is 6.95. The predicted octanol–water partition coefficient (Wildman–Crippen LogP) is 1.68. The number of hydrogen-bond acceptors (Lipinski definition) is 2. The number of hydrogen-bond donors (Lipinski definition) is 1. The predicted molar refractivity (Wildman–Crippen MR) is 44.5 cm³/mol. The molecule has 62 valence electrons. The second-order valence-electron chi connectivity index (χ2n) is 3.63. The van der Waals surface area contributed by atoms with Gasteiger partial charge in [-0.25, -0.2) is 0 Å². The van der Waals surface area contributed by atoms with Gasteiger partial charge in [-0.3, -0.25) is 4.90 Å². The zero-order valence-corrected chi connectivity index (χ0v) is 6.95. The molecule has 2 atom stereocenters. The molecule has 2 nitrogen and oxygen atoms in total. The first-order valence-electron chi connectivity index (χ1n) is 4.40. The summed E-state index contributed by atoms with van der Waals surface area (Å²) in [5, 5.41) is 9.51. The fraction of sp³-hybridized carbons (Fsp3) is 0.778. The van der Waals surface area contributed by atoms with E-state index >= 15 is 0 Å². The number of nitrogens with zero attached hydrogens (tertiary/aromatic N) is 1. The Labute approximate surface area is 67.5 Å². The third-order valence-corrected chi connectivity index (χ3v) is 3.02. The average Bonchev–Trinajstić information content (AvgIpc) is 1.98. The smallest absolute Gasteiger partial charge is 0.105 e. The van der Waals surface area contributed by atoms with Gasteiger partial charge < -0.3 is 5.11 Å². The largest absolute Gasteiger partial charge is 0.511 e. The van der Waals surface area contributed by atoms with Crippen LogP contribution in [0.15, 0.2) is 11.8 Å². The van der Waals surface area contributed by atoms with Crippen molar-refractivity contribution in [3.63, 3.8) is 0 Å². The first-order chi connectivity index (χ1) is 5.29. The van der Waals surface area contributed by atoms with Crippen molar-refractivity contribution < 1.29 is 5.11 Å². The van der Waals surface area contributed by atoms with E-state index in [4.69, 9.17) is 0 Å². The molecule has 1 fully saturated rings. The van der Waals surface area contributed by atoms with Crippen molar-refractivity contribution in [3.05, 3.63) is 11.8 Å². The molecule has 2 aliphatic heterocycles. The Morgan fingerprint density at radius 2 is 2.36 bits per heavy atom. The highest BCUT2D eigenvalue weighted by Crippen LogP contribution is 2.31. The standard InChI is InChI=1S/C9H15NO/c1-10-7-3-2-4-8(10)9(11)6-5-7/h6-8,11H,2-5H2,1H3/t7-,8+/m1/s1. The summed E-state index contributed by atoms with van der Waals surface area (Å²) in [6.07, 6.45) is 6.75. The molecular formula is C9H15NO. The van der Waals surface area contributed by atoms with E-state index in [2.05, 4.69) is 11.9 Å². The lowest BCUT2D eigenvalue weighted by Gasteiger charge is -2.41. The molecule has 2 rings (SSSR count). The third-order valence-electron chi connectivity index (χ3n) is 3.02. The van der Waals surface area contributed by atoms with E-state index in [1.165, 1.54) is 12.8 Å². The van der Waals surface area contributed by atoms with Crippen LogP contribution in [-0.2, 0) is 0 Å². The Morgan fingerprint density at radius 3 is 3.09 bits per heavy atom. The highest BCUT2D eigenvalue weighted by molar-refractivity contribution is 5.10. The minimum atomic E-state index is 0.336. The van der Waals surface area contributed by atoms with Crippen LogP contribution in [0.1, 0.15) is 25.7 Å². The third kappa shape index (κ3) is 1.06. The number of fused-ring (bicyclic) bond motifs is 2. The number of aliphatic hydroxyl groups excluding tert-OH is 1. The molecule has 0 aromatic carbocycles. The van der Waals surface area contributed by atoms with Crippen LogP contribution in [0.3, 0.4) is 0 Å². The maximum Gasteiger partial charge on any atom is 0.105 e. The molecule has 0 amide bonds. The quantitative estimate of drug-likeness (QED) is 0.572. The van der Waals surface area contributed by atoms with Crippen LogP contribution in [-0.4, -0.2) is 29.1 Å². The van der Waals surface area contributed by atoms with Crippen molar-refractivity contribution in [2.45, 2.75) is 37.8 Å². The molecule has 2 heteroatoms. The Hall–Kier alpha value is -0.500. The molecule has 0 spiro atoms. The van der Waals surface area contributed by atoms with E-state index in [1.807, 2.05) is 6.08 Å². The topological polar surface area (TPSA) is 23.5 Å². The molecule has 2 aliphatic rings. The van der Waals surface area contributed by atoms with Gasteiger partial charge in [0.05, 0.1) is 6.04 Å². The minimum absolute atomic E-state index is 0.336. The SMILES string of the molecule is CN1[C@H]2CC=C(O)[C@@H]1CCC2. The van der Waals surface area contributed by atoms with Crippen LogP contribution in [0.4, 0.5) is 0 Å². The lowest BCUT2D eigenvalue weighted by Crippen LogP contribution is -2.47. The molecule has 0 aliphatic carbocycles. The molecular weight excluding hydrogens is 138 g/mol. The zero-order chi connectivity index (χ0) is 7.84. The van der Waals surface area contributed by atoms with E-state index in [1.54, 1.807) is 0 Å². The number of rotatable bonds is 0. The Kier molecular flexibility index (Phi) is 1.64. The Morgan fingerprint density at radius 1 is 1.55 bits per heavy atom. The van der Waals surface area contributed by atoms with E-state index in [9.17, 15) is 5.11 Å². The van der Waals surface area contributed by atoms with Gasteiger partial charge in [-0.2, -0.15) is 0 Å². The summed E-state index contributed by atoms with van der Waals surface area (Å²) in [6, 6.07) is 1.03. The molecule has 11 heavy (non-hydrogen) atoms. The average molecular weight is 153 g/mol. The molecule has 1 N–H and O–H groups in total. The molecule has 0 unspecified atom stereocenters. The monoisotopic (exact) mass is 153 g/mol. The first-order valence-corrected chi connectivity index (χ1v) is 4.40. The highest BCUT2D eigenvalue weighted by Gasteiger charge is 2.32. The highest BCUT2D eigenvalue weighted by atomic mass is 16.3. The fourth-order valence-electron chi connectivity index (χ4n) is 2.24. The number of likely N-dealkylation sites (N-methyl/N-ethyl adjacent to an activating group) is 1. The van der Waals surface area contributed by atoms with Crippen molar-refractivity contribution in [3.8, 4) is 0 Å². The van der Waals surface area contributed by atoms with Gasteiger partial charge in [0.25, 0.3) is 0 Å². The summed E-state index contributed by atoms with van der Waals surface area (Å²) in [5.41, 5.74) is 0. The fourth-order valence-corrected chi connectivity index (χ4v) is 2.24. The summed E-state index contributed by atoms with van der Waals surface area (Å²) < 4.78 is 0. The van der Waals surface area contributed by atoms with E-state index < -0.39 is 0 Å². The molecule has 2 heterocycles. The first kappa shape index (κ1) is 7.17. The number of piperidine rings is 1. The van der Waals surface area contributed by atoms with Crippen molar-refractivity contribution in [2.75, 3.05) is 7.05 Å². The summed E-state index contributed by atoms with van der Waals surface area (Å²) in [4.78, 5) is 2.32. The van der Waals surface area contributed by atoms with Gasteiger partial charge in [0, 0.05) is 6.04 Å². The molecule has 1 saturated heterocycles. The molecule has 2 bridgehead atoms. The Balaban J connectivity index is 2.22. The van der Waals surface area contributed by atoms with Gasteiger partial charge in [0.1, 0.15) is 5.76 Å². The Bertz CT molecular complexity index is 188. The van der Waals surface area contributed by atoms with Gasteiger partial charge in [0.15, 0.2) is 0 Å². The van der Waals surface area contributed by atoms with Crippen LogP contribution >= 0.6 is 0 Å². The second-order valence-corrected chi connectivity index (χ2v) is 3.63. The number of aliphatic hydroxyl groups is 1. The maximum absolute atomic E-state index is 9.51. The minimum Gasteiger partial charge on any atom is -0.511 e. The summed E-state index contributed by atoms with van der Waals surface area (Å²) in [5.74, 6) is 0.600. The van der Waals surface area contributed by atoms with Crippen molar-refractivity contribution in [2.24, 2.45) is 0 Å². The van der Waals surface area contributed by atoms with Gasteiger partial charge in [-0.1, -0.05) is 0 Å². The van der Waals surface area contributed by atoms with Gasteiger partial charge in [0.2, 0.25) is 0 Å². The van der Waals surface area contributed by atoms with Gasteiger partial charge in [-0.15, -0.1) is 0 Å². The van der Waals surface area contributed by atoms with Gasteiger partial charge >= 0.3 is 0 Å². The van der Waals surface area contributed by atoms with Crippen LogP contribution in [0, 0.1) is 0 Å². The second kappa shape index (κ2) is 2.52. The van der Waals surface area contributed by atoms with Crippen molar-refractivity contribution >= 4 is 0 Å². The van der Waals surface area contributed by atoms with E-state index in [0.29, 0.717) is 17.8 Å². The van der Waals surface area contributed by atoms with Crippen molar-refractivity contribution in [1.29, 1.82) is 0 Å². The van der Waals surface area contributed by atoms with E-state index in [0.717, 1.165) is 12.8 Å². The molecule has 0 saturated carbocycles. The molecule has 0 aromatic heterocycles. The lowest BCUT2D eigenvalue weighted by molar-refractivity contribution is 0.0911. The lowest BCUT2D eigenvalue weighted by atomic mass is 9.89. The van der Waals surface area contributed by atoms with Crippen LogP contribution < -0.4 is 0 Å². The molecule has 0 aromatic rings. The normalized spacial score (nSPS) is 38.5. The van der Waals surface area contributed by atoms with Crippen molar-refractivity contribution in [1.82, 2.24) is 4.90 Å². The summed E-state index contributed by atoms with van der Waals surface area (Å²) >= 11 is 0. The van der Waals surface area contributed by atoms with E-state index in [-0.39, 0.29) is 0 Å². The van der Waals surface area contributed by atoms with Crippen LogP contribution in [0.25, 0.3) is 0 Å². The summed E-state index contributed by atoms with van der Waals surface area (Å²) in [6.45, 7) is 0. The summed E-state index contributed by atoms with van der Waals surface area (Å²) in [7, 11) is 2.12. The van der Waals surface area contributed by atoms with Crippen LogP contribution in [0.5, 0.6) is 0 Å². The molecule has 0 radical (unpaired) electrons. The van der Waals surface area contributed by atoms with Crippen LogP contribution in [0.2, 0.25) is 0 Å².